The first-order valence-electron chi connectivity index (χ1n) is 2.37. The third-order valence-corrected chi connectivity index (χ3v) is 1.10. The molecular weight excluding hydrogens is 120 g/mol. The van der Waals surface area contributed by atoms with Crippen molar-refractivity contribution >= 4 is 24.9 Å². The minimum Gasteiger partial charge on any atom is -0.245 e. The van der Waals surface area contributed by atoms with Crippen LogP contribution in [-0.4, -0.2) is 12.8 Å². The van der Waals surface area contributed by atoms with E-state index in [0.717, 1.165) is 5.46 Å². The van der Waals surface area contributed by atoms with E-state index in [2.05, 4.69) is 4.98 Å². The molecule has 0 N–H and O–H groups in total. The molecule has 0 fully saturated rings. The Morgan fingerprint density at radius 1 is 1.50 bits per heavy atom. The first kappa shape index (κ1) is 5.64. The summed E-state index contributed by atoms with van der Waals surface area (Å²) in [6.07, 6.45) is 1.74. The second kappa shape index (κ2) is 2.18. The van der Waals surface area contributed by atoms with E-state index >= 15 is 0 Å². The SMILES string of the molecule is Bc1ccc(Cl)nc1. The second-order valence-corrected chi connectivity index (χ2v) is 2.05. The number of rotatable bonds is 0. The lowest BCUT2D eigenvalue weighted by atomic mass is 9.99. The van der Waals surface area contributed by atoms with Crippen LogP contribution < -0.4 is 5.46 Å². The van der Waals surface area contributed by atoms with Gasteiger partial charge in [-0.25, -0.2) is 4.98 Å². The molecule has 0 aliphatic carbocycles. The van der Waals surface area contributed by atoms with E-state index in [-0.39, 0.29) is 0 Å². The minimum atomic E-state index is 0.551. The van der Waals surface area contributed by atoms with Gasteiger partial charge in [-0.3, -0.25) is 0 Å². The number of aromatic nitrogens is 1. The lowest BCUT2D eigenvalue weighted by Gasteiger charge is -1.87. The molecule has 0 unspecified atom stereocenters. The summed E-state index contributed by atoms with van der Waals surface area (Å²) in [5, 5.41) is 0.551. The van der Waals surface area contributed by atoms with Crippen molar-refractivity contribution in [3.05, 3.63) is 23.5 Å². The number of hydrogen-bond donors (Lipinski definition) is 0. The lowest BCUT2D eigenvalue weighted by Crippen LogP contribution is -2.00. The van der Waals surface area contributed by atoms with E-state index in [1.165, 1.54) is 0 Å². The highest BCUT2D eigenvalue weighted by Gasteiger charge is 1.83. The summed E-state index contributed by atoms with van der Waals surface area (Å²) in [5.74, 6) is 0. The van der Waals surface area contributed by atoms with Crippen LogP contribution in [0.5, 0.6) is 0 Å². The van der Waals surface area contributed by atoms with Crippen molar-refractivity contribution < 1.29 is 0 Å². The third kappa shape index (κ3) is 1.24. The molecule has 0 aromatic carbocycles. The fourth-order valence-corrected chi connectivity index (χ4v) is 0.562. The number of hydrogen-bond acceptors (Lipinski definition) is 1. The summed E-state index contributed by atoms with van der Waals surface area (Å²) in [7, 11) is 1.98. The number of nitrogens with zero attached hydrogens (tertiary/aromatic N) is 1. The first-order chi connectivity index (χ1) is 3.79. The largest absolute Gasteiger partial charge is 0.245 e. The molecule has 8 heavy (non-hydrogen) atoms. The predicted octanol–water partition coefficient (Wildman–Crippen LogP) is -0.00660. The van der Waals surface area contributed by atoms with Crippen LogP contribution in [0.4, 0.5) is 0 Å². The molecule has 1 aromatic heterocycles. The summed E-state index contributed by atoms with van der Waals surface area (Å²) in [6, 6.07) is 3.70. The van der Waals surface area contributed by atoms with Gasteiger partial charge < -0.3 is 0 Å². The van der Waals surface area contributed by atoms with E-state index in [9.17, 15) is 0 Å². The quantitative estimate of drug-likeness (QED) is 0.351. The Labute approximate surface area is 54.1 Å². The summed E-state index contributed by atoms with van der Waals surface area (Å²) >= 11 is 5.50. The summed E-state index contributed by atoms with van der Waals surface area (Å²) in [5.41, 5.74) is 1.13. The Morgan fingerprint density at radius 2 is 2.25 bits per heavy atom. The van der Waals surface area contributed by atoms with E-state index in [1.807, 2.05) is 13.9 Å². The molecule has 1 rings (SSSR count). The molecule has 3 heteroatoms. The van der Waals surface area contributed by atoms with E-state index in [1.54, 1.807) is 12.3 Å². The van der Waals surface area contributed by atoms with Crippen LogP contribution in [0.2, 0.25) is 5.15 Å². The highest BCUT2D eigenvalue weighted by molar-refractivity contribution is 6.33. The zero-order chi connectivity index (χ0) is 5.98. The van der Waals surface area contributed by atoms with Crippen LogP contribution in [-0.2, 0) is 0 Å². The van der Waals surface area contributed by atoms with Crippen molar-refractivity contribution in [2.75, 3.05) is 0 Å². The predicted molar refractivity (Wildman–Crippen MR) is 37.4 cm³/mol. The Hall–Kier alpha value is -0.495. The van der Waals surface area contributed by atoms with Crippen molar-refractivity contribution in [2.24, 2.45) is 0 Å². The zero-order valence-corrected chi connectivity index (χ0v) is 5.31. The van der Waals surface area contributed by atoms with Crippen LogP contribution in [0, 0.1) is 0 Å². The number of halogens is 1. The Balaban J connectivity index is 3.03. The smallest absolute Gasteiger partial charge is 0.141 e. The van der Waals surface area contributed by atoms with E-state index in [0.29, 0.717) is 5.15 Å². The standard InChI is InChI=1S/C5H5BClN/c6-4-1-2-5(7)8-3-4/h1-3H,6H2. The van der Waals surface area contributed by atoms with E-state index < -0.39 is 0 Å². The highest BCUT2D eigenvalue weighted by Crippen LogP contribution is 1.96. The first-order valence-corrected chi connectivity index (χ1v) is 2.75. The molecule has 1 heterocycles. The van der Waals surface area contributed by atoms with Gasteiger partial charge in [-0.1, -0.05) is 23.1 Å². The van der Waals surface area contributed by atoms with Gasteiger partial charge in [0.15, 0.2) is 0 Å². The van der Waals surface area contributed by atoms with Crippen molar-refractivity contribution in [2.45, 2.75) is 0 Å². The Bertz CT molecular complexity index is 151. The normalized spacial score (nSPS) is 9.12. The highest BCUT2D eigenvalue weighted by atomic mass is 35.5. The van der Waals surface area contributed by atoms with Gasteiger partial charge in [0, 0.05) is 6.20 Å². The summed E-state index contributed by atoms with van der Waals surface area (Å²) in [6.45, 7) is 0. The van der Waals surface area contributed by atoms with Gasteiger partial charge in [0.2, 0.25) is 0 Å². The monoisotopic (exact) mass is 125 g/mol. The van der Waals surface area contributed by atoms with Crippen molar-refractivity contribution in [1.82, 2.24) is 4.98 Å². The molecule has 0 bridgehead atoms. The summed E-state index contributed by atoms with van der Waals surface area (Å²) in [4.78, 5) is 3.84. The van der Waals surface area contributed by atoms with Crippen LogP contribution in [0.15, 0.2) is 18.3 Å². The molecule has 0 saturated heterocycles. The minimum absolute atomic E-state index is 0.551. The van der Waals surface area contributed by atoms with Gasteiger partial charge >= 0.3 is 0 Å². The zero-order valence-electron chi connectivity index (χ0n) is 4.56. The third-order valence-electron chi connectivity index (χ3n) is 0.875. The van der Waals surface area contributed by atoms with Gasteiger partial charge in [-0.15, -0.1) is 0 Å². The maximum absolute atomic E-state index is 5.50. The summed E-state index contributed by atoms with van der Waals surface area (Å²) < 4.78 is 0. The van der Waals surface area contributed by atoms with Gasteiger partial charge in [-0.2, -0.15) is 0 Å². The van der Waals surface area contributed by atoms with Crippen molar-refractivity contribution in [1.29, 1.82) is 0 Å². The fraction of sp³-hybridized carbons (Fsp3) is 0. The molecule has 0 spiro atoms. The maximum atomic E-state index is 5.50. The average molecular weight is 125 g/mol. The molecule has 0 amide bonds. The molecule has 0 saturated carbocycles. The van der Waals surface area contributed by atoms with E-state index in [4.69, 9.17) is 11.6 Å². The Morgan fingerprint density at radius 3 is 2.62 bits per heavy atom. The molecule has 1 nitrogen and oxygen atoms in total. The lowest BCUT2D eigenvalue weighted by molar-refractivity contribution is 1.35. The van der Waals surface area contributed by atoms with Crippen molar-refractivity contribution in [3.63, 3.8) is 0 Å². The van der Waals surface area contributed by atoms with Gasteiger partial charge in [-0.05, 0) is 6.07 Å². The second-order valence-electron chi connectivity index (χ2n) is 1.66. The van der Waals surface area contributed by atoms with Gasteiger partial charge in [0.1, 0.15) is 13.0 Å². The molecule has 1 aromatic rings. The van der Waals surface area contributed by atoms with Crippen LogP contribution in [0.1, 0.15) is 0 Å². The molecule has 0 atom stereocenters. The molecule has 0 aliphatic rings. The van der Waals surface area contributed by atoms with Crippen LogP contribution in [0.25, 0.3) is 0 Å². The molecule has 40 valence electrons. The van der Waals surface area contributed by atoms with Gasteiger partial charge in [0.05, 0.1) is 0 Å². The number of pyridine rings is 1. The average Bonchev–Trinajstić information content (AvgIpc) is 1.77. The molecular formula is C5H5BClN. The Kier molecular flexibility index (Phi) is 1.54. The van der Waals surface area contributed by atoms with Crippen molar-refractivity contribution in [3.8, 4) is 0 Å². The maximum Gasteiger partial charge on any atom is 0.141 e. The van der Waals surface area contributed by atoms with Gasteiger partial charge in [0.25, 0.3) is 0 Å². The molecule has 0 aliphatic heterocycles. The van der Waals surface area contributed by atoms with Crippen LogP contribution >= 0.6 is 11.6 Å². The fourth-order valence-electron chi connectivity index (χ4n) is 0.450. The van der Waals surface area contributed by atoms with Crippen LogP contribution in [0.3, 0.4) is 0 Å². The molecule has 0 radical (unpaired) electrons. The topological polar surface area (TPSA) is 12.9 Å².